The van der Waals surface area contributed by atoms with Gasteiger partial charge in [0.1, 0.15) is 5.82 Å². The summed E-state index contributed by atoms with van der Waals surface area (Å²) in [5.74, 6) is 0.919. The van der Waals surface area contributed by atoms with Crippen molar-refractivity contribution in [2.24, 2.45) is 0 Å². The number of rotatable bonds is 3. The van der Waals surface area contributed by atoms with Gasteiger partial charge in [-0.2, -0.15) is 0 Å². The lowest BCUT2D eigenvalue weighted by Gasteiger charge is -2.40. The second-order valence-corrected chi connectivity index (χ2v) is 8.50. The summed E-state index contributed by atoms with van der Waals surface area (Å²) in [4.78, 5) is 19.8. The number of aromatic nitrogens is 1. The number of nitrogens with one attached hydrogen (secondary N) is 1. The van der Waals surface area contributed by atoms with Gasteiger partial charge in [-0.05, 0) is 42.9 Å². The summed E-state index contributed by atoms with van der Waals surface area (Å²) in [6, 6.07) is 12.3. The van der Waals surface area contributed by atoms with E-state index in [2.05, 4.69) is 27.3 Å². The van der Waals surface area contributed by atoms with Gasteiger partial charge in [0, 0.05) is 37.1 Å². The number of nitrogens with two attached hydrogens (primary N) is 1. The van der Waals surface area contributed by atoms with Gasteiger partial charge in [-0.25, -0.2) is 4.98 Å². The molecule has 5 rings (SSSR count). The maximum absolute atomic E-state index is 13.0. The number of piperidine rings is 1. The van der Waals surface area contributed by atoms with Crippen LogP contribution in [0.25, 0.3) is 0 Å². The van der Waals surface area contributed by atoms with Crippen LogP contribution in [0.3, 0.4) is 0 Å². The molecular formula is C23H28N4O2. The fourth-order valence-corrected chi connectivity index (χ4v) is 5.13. The first-order valence-corrected chi connectivity index (χ1v) is 10.7. The average Bonchev–Trinajstić information content (AvgIpc) is 3.36. The van der Waals surface area contributed by atoms with Crippen LogP contribution in [0.5, 0.6) is 0 Å². The number of pyridine rings is 1. The highest BCUT2D eigenvalue weighted by Gasteiger charge is 2.49. The van der Waals surface area contributed by atoms with Crippen molar-refractivity contribution in [1.82, 2.24) is 10.3 Å². The summed E-state index contributed by atoms with van der Waals surface area (Å²) in [5.41, 5.74) is 8.45. The fraction of sp³-hybridized carbons (Fsp3) is 0.478. The number of nitrogen functional groups attached to an aromatic ring is 1. The van der Waals surface area contributed by atoms with Gasteiger partial charge in [0.2, 0.25) is 0 Å². The Kier molecular flexibility index (Phi) is 4.66. The molecule has 3 N–H and O–H groups in total. The van der Waals surface area contributed by atoms with Crippen molar-refractivity contribution in [2.75, 3.05) is 23.7 Å². The Bertz CT molecular complexity index is 901. The minimum Gasteiger partial charge on any atom is -0.399 e. The van der Waals surface area contributed by atoms with E-state index >= 15 is 0 Å². The lowest BCUT2D eigenvalue weighted by Crippen LogP contribution is -2.44. The van der Waals surface area contributed by atoms with Gasteiger partial charge >= 0.3 is 0 Å². The molecule has 1 saturated heterocycles. The summed E-state index contributed by atoms with van der Waals surface area (Å²) in [6.45, 7) is 1.64. The first-order valence-electron chi connectivity index (χ1n) is 10.7. The van der Waals surface area contributed by atoms with E-state index < -0.39 is 11.7 Å². The minimum absolute atomic E-state index is 0.0150. The Morgan fingerprint density at radius 1 is 1.17 bits per heavy atom. The van der Waals surface area contributed by atoms with Crippen LogP contribution in [0.4, 0.5) is 11.5 Å². The van der Waals surface area contributed by atoms with Crippen LogP contribution >= 0.6 is 0 Å². The lowest BCUT2D eigenvalue weighted by atomic mass is 9.83. The molecule has 1 aromatic heterocycles. The van der Waals surface area contributed by atoms with E-state index in [9.17, 15) is 4.79 Å². The number of carbonyl (C=O) groups excluding carboxylic acids is 1. The smallest absolute Gasteiger partial charge is 0.254 e. The van der Waals surface area contributed by atoms with Crippen LogP contribution in [-0.4, -0.2) is 30.0 Å². The van der Waals surface area contributed by atoms with Gasteiger partial charge in [0.05, 0.1) is 5.60 Å². The summed E-state index contributed by atoms with van der Waals surface area (Å²) in [5, 5.41) is 3.23. The van der Waals surface area contributed by atoms with Crippen molar-refractivity contribution in [2.45, 2.75) is 56.3 Å². The van der Waals surface area contributed by atoms with E-state index in [-0.39, 0.29) is 5.91 Å². The molecule has 2 fully saturated rings. The van der Waals surface area contributed by atoms with Gasteiger partial charge < -0.3 is 20.7 Å². The molecule has 1 amide bonds. The van der Waals surface area contributed by atoms with Crippen molar-refractivity contribution >= 4 is 17.4 Å². The molecule has 1 spiro atoms. The Balaban J connectivity index is 1.35. The van der Waals surface area contributed by atoms with E-state index in [1.165, 1.54) is 18.4 Å². The molecule has 1 saturated carbocycles. The van der Waals surface area contributed by atoms with E-state index in [1.807, 2.05) is 18.2 Å². The van der Waals surface area contributed by atoms with Crippen LogP contribution in [0.1, 0.15) is 55.8 Å². The Morgan fingerprint density at radius 2 is 1.93 bits per heavy atom. The number of hydrogen-bond acceptors (Lipinski definition) is 5. The van der Waals surface area contributed by atoms with E-state index in [1.54, 1.807) is 12.3 Å². The number of ether oxygens (including phenoxy) is 1. The molecular weight excluding hydrogens is 364 g/mol. The normalized spacial score (nSPS) is 23.3. The number of fused-ring (bicyclic) bond motifs is 2. The molecule has 1 atom stereocenters. The largest absolute Gasteiger partial charge is 0.399 e. The van der Waals surface area contributed by atoms with Gasteiger partial charge in [-0.3, -0.25) is 4.79 Å². The SMILES string of the molecule is Nc1ccnc(N2CCC3(CC2)OC(C(=O)NC2CCCC2)c2ccccc23)c1. The molecule has 1 unspecified atom stereocenters. The highest BCUT2D eigenvalue weighted by atomic mass is 16.5. The topological polar surface area (TPSA) is 80.5 Å². The van der Waals surface area contributed by atoms with Crippen LogP contribution in [0.2, 0.25) is 0 Å². The van der Waals surface area contributed by atoms with E-state index in [0.717, 1.165) is 55.8 Å². The van der Waals surface area contributed by atoms with E-state index in [4.69, 9.17) is 10.5 Å². The summed E-state index contributed by atoms with van der Waals surface area (Å²) < 4.78 is 6.56. The number of benzene rings is 1. The zero-order valence-corrected chi connectivity index (χ0v) is 16.6. The summed E-state index contributed by atoms with van der Waals surface area (Å²) >= 11 is 0. The standard InChI is InChI=1S/C23H28N4O2/c24-16-9-12-25-20(15-16)27-13-10-23(11-14-27)19-8-4-3-7-18(19)21(29-23)22(28)26-17-5-1-2-6-17/h3-4,7-9,12,15,17,21H,1-2,5-6,10-11,13-14H2,(H2,24,25)(H,26,28). The van der Waals surface area contributed by atoms with Crippen molar-refractivity contribution in [3.63, 3.8) is 0 Å². The molecule has 6 heteroatoms. The molecule has 1 aromatic carbocycles. The third-order valence-corrected chi connectivity index (χ3v) is 6.68. The molecule has 3 heterocycles. The maximum Gasteiger partial charge on any atom is 0.254 e. The molecule has 0 radical (unpaired) electrons. The number of anilines is 2. The van der Waals surface area contributed by atoms with Crippen molar-refractivity contribution in [1.29, 1.82) is 0 Å². The molecule has 152 valence electrons. The highest BCUT2D eigenvalue weighted by Crippen LogP contribution is 2.49. The number of nitrogens with zero attached hydrogens (tertiary/aromatic N) is 2. The molecule has 1 aliphatic carbocycles. The Hall–Kier alpha value is -2.60. The predicted molar refractivity (Wildman–Crippen MR) is 112 cm³/mol. The highest BCUT2D eigenvalue weighted by molar-refractivity contribution is 5.84. The third-order valence-electron chi connectivity index (χ3n) is 6.68. The summed E-state index contributed by atoms with van der Waals surface area (Å²) in [7, 11) is 0. The van der Waals surface area contributed by atoms with E-state index in [0.29, 0.717) is 6.04 Å². The quantitative estimate of drug-likeness (QED) is 0.838. The number of amides is 1. The average molecular weight is 393 g/mol. The summed E-state index contributed by atoms with van der Waals surface area (Å²) in [6.07, 6.45) is 7.45. The molecule has 2 aliphatic heterocycles. The maximum atomic E-state index is 13.0. The molecule has 2 aromatic rings. The molecule has 3 aliphatic rings. The van der Waals surface area contributed by atoms with Crippen LogP contribution < -0.4 is 16.0 Å². The zero-order valence-electron chi connectivity index (χ0n) is 16.6. The predicted octanol–water partition coefficient (Wildman–Crippen LogP) is 3.29. The number of carbonyl (C=O) groups is 1. The zero-order chi connectivity index (χ0) is 19.8. The van der Waals surface area contributed by atoms with Crippen LogP contribution in [0.15, 0.2) is 42.6 Å². The van der Waals surface area contributed by atoms with Crippen LogP contribution in [-0.2, 0) is 15.1 Å². The Morgan fingerprint density at radius 3 is 2.69 bits per heavy atom. The van der Waals surface area contributed by atoms with Crippen molar-refractivity contribution in [3.05, 3.63) is 53.7 Å². The van der Waals surface area contributed by atoms with Crippen molar-refractivity contribution in [3.8, 4) is 0 Å². The van der Waals surface area contributed by atoms with Crippen LogP contribution in [0, 0.1) is 0 Å². The first-order chi connectivity index (χ1) is 14.1. The second kappa shape index (κ2) is 7.34. The third kappa shape index (κ3) is 3.35. The monoisotopic (exact) mass is 392 g/mol. The first kappa shape index (κ1) is 18.4. The molecule has 0 bridgehead atoms. The van der Waals surface area contributed by atoms with Crippen molar-refractivity contribution < 1.29 is 9.53 Å². The Labute approximate surface area is 171 Å². The molecule has 29 heavy (non-hydrogen) atoms. The van der Waals surface area contributed by atoms with Gasteiger partial charge in [0.15, 0.2) is 6.10 Å². The van der Waals surface area contributed by atoms with Gasteiger partial charge in [0.25, 0.3) is 5.91 Å². The number of hydrogen-bond donors (Lipinski definition) is 2. The lowest BCUT2D eigenvalue weighted by molar-refractivity contribution is -0.147. The molecule has 6 nitrogen and oxygen atoms in total. The van der Waals surface area contributed by atoms with Gasteiger partial charge in [-0.15, -0.1) is 0 Å². The second-order valence-electron chi connectivity index (χ2n) is 8.50. The minimum atomic E-state index is -0.510. The fourth-order valence-electron chi connectivity index (χ4n) is 5.13. The van der Waals surface area contributed by atoms with Gasteiger partial charge in [-0.1, -0.05) is 37.1 Å².